The molecule has 2 aliphatic carbocycles. The summed E-state index contributed by atoms with van der Waals surface area (Å²) < 4.78 is 17.5. The van der Waals surface area contributed by atoms with Crippen molar-refractivity contribution in [2.45, 2.75) is 111 Å². The fourth-order valence-electron chi connectivity index (χ4n) is 6.19. The van der Waals surface area contributed by atoms with E-state index in [2.05, 4.69) is 46.8 Å². The van der Waals surface area contributed by atoms with Crippen LogP contribution in [0.15, 0.2) is 23.3 Å². The highest BCUT2D eigenvalue weighted by molar-refractivity contribution is 5.66. The second-order valence-electron chi connectivity index (χ2n) is 11.0. The molecule has 1 aliphatic heterocycles. The van der Waals surface area contributed by atoms with Gasteiger partial charge in [0.25, 0.3) is 0 Å². The zero-order valence-electron chi connectivity index (χ0n) is 21.3. The van der Waals surface area contributed by atoms with Gasteiger partial charge < -0.3 is 24.4 Å². The Morgan fingerprint density at radius 3 is 2.48 bits per heavy atom. The van der Waals surface area contributed by atoms with Gasteiger partial charge in [-0.05, 0) is 82.5 Å². The Kier molecular flexibility index (Phi) is 8.82. The number of carbonyl (C=O) groups excluding carboxylic acids is 1. The Morgan fingerprint density at radius 1 is 1.09 bits per heavy atom. The van der Waals surface area contributed by atoms with Crippen LogP contribution < -0.4 is 0 Å². The molecule has 9 unspecified atom stereocenters. The third-order valence-corrected chi connectivity index (χ3v) is 8.47. The Bertz CT molecular complexity index is 741. The standard InChI is InChI=1S/C27H44O6/c1-16(2)8-7-9-17(3)20-11-12-21-23(13-10-18(4)27(21,6)14-20)33-26-25(32-19(5)28)24(30)22(29)15-31-26/h8-9,18,20-26,29-30H,7,10-15H2,1-6H3. The lowest BCUT2D eigenvalue weighted by atomic mass is 9.52. The molecule has 188 valence electrons. The summed E-state index contributed by atoms with van der Waals surface area (Å²) in [6, 6.07) is 0. The number of rotatable bonds is 6. The van der Waals surface area contributed by atoms with Crippen LogP contribution in [0.4, 0.5) is 0 Å². The number of aliphatic hydroxyl groups is 2. The number of aliphatic hydroxyl groups excluding tert-OH is 2. The smallest absolute Gasteiger partial charge is 0.303 e. The van der Waals surface area contributed by atoms with Crippen LogP contribution in [-0.4, -0.2) is 53.5 Å². The molecule has 0 spiro atoms. The zero-order chi connectivity index (χ0) is 24.3. The predicted octanol–water partition coefficient (Wildman–Crippen LogP) is 4.54. The van der Waals surface area contributed by atoms with Gasteiger partial charge in [-0.15, -0.1) is 0 Å². The SMILES string of the molecule is CC(=O)OC1C(OC2CCC(C)C3(C)CC(C(C)=CCC=C(C)C)CCC23)OCC(O)C1O. The third kappa shape index (κ3) is 6.08. The van der Waals surface area contributed by atoms with Crippen LogP contribution in [0.3, 0.4) is 0 Å². The molecule has 1 saturated heterocycles. The number of hydrogen-bond acceptors (Lipinski definition) is 6. The normalized spacial score (nSPS) is 41.8. The zero-order valence-corrected chi connectivity index (χ0v) is 21.3. The topological polar surface area (TPSA) is 85.2 Å². The molecule has 2 N–H and O–H groups in total. The van der Waals surface area contributed by atoms with E-state index in [9.17, 15) is 15.0 Å². The molecule has 6 nitrogen and oxygen atoms in total. The molecule has 2 saturated carbocycles. The summed E-state index contributed by atoms with van der Waals surface area (Å²) >= 11 is 0. The molecular weight excluding hydrogens is 420 g/mol. The molecule has 0 aromatic carbocycles. The maximum Gasteiger partial charge on any atom is 0.303 e. The maximum absolute atomic E-state index is 11.6. The summed E-state index contributed by atoms with van der Waals surface area (Å²) in [5.41, 5.74) is 3.00. The van der Waals surface area contributed by atoms with Gasteiger partial charge in [-0.1, -0.05) is 37.1 Å². The van der Waals surface area contributed by atoms with Crippen molar-refractivity contribution in [1.82, 2.24) is 0 Å². The molecule has 0 aromatic rings. The van der Waals surface area contributed by atoms with Crippen LogP contribution in [0, 0.1) is 23.2 Å². The second kappa shape index (κ2) is 11.0. The fraction of sp³-hybridized carbons (Fsp3) is 0.815. The van der Waals surface area contributed by atoms with E-state index in [-0.39, 0.29) is 18.1 Å². The minimum absolute atomic E-state index is 0.0207. The lowest BCUT2D eigenvalue weighted by molar-refractivity contribution is -0.300. The summed E-state index contributed by atoms with van der Waals surface area (Å²) in [4.78, 5) is 11.6. The van der Waals surface area contributed by atoms with Crippen molar-refractivity contribution in [3.8, 4) is 0 Å². The van der Waals surface area contributed by atoms with E-state index in [4.69, 9.17) is 14.2 Å². The predicted molar refractivity (Wildman–Crippen MR) is 127 cm³/mol. The largest absolute Gasteiger partial charge is 0.454 e. The van der Waals surface area contributed by atoms with Crippen LogP contribution in [-0.2, 0) is 19.0 Å². The summed E-state index contributed by atoms with van der Waals surface area (Å²) in [6.45, 7) is 12.6. The van der Waals surface area contributed by atoms with Crippen LogP contribution in [0.5, 0.6) is 0 Å². The van der Waals surface area contributed by atoms with E-state index >= 15 is 0 Å². The molecule has 0 amide bonds. The third-order valence-electron chi connectivity index (χ3n) is 8.47. The van der Waals surface area contributed by atoms with Crippen LogP contribution >= 0.6 is 0 Å². The van der Waals surface area contributed by atoms with Crippen molar-refractivity contribution in [3.63, 3.8) is 0 Å². The molecule has 3 rings (SSSR count). The van der Waals surface area contributed by atoms with Gasteiger partial charge in [0.05, 0.1) is 12.7 Å². The molecule has 33 heavy (non-hydrogen) atoms. The van der Waals surface area contributed by atoms with Gasteiger partial charge in [0, 0.05) is 6.92 Å². The summed E-state index contributed by atoms with van der Waals surface area (Å²) in [5, 5.41) is 20.4. The van der Waals surface area contributed by atoms with Crippen molar-refractivity contribution in [2.24, 2.45) is 23.2 Å². The Balaban J connectivity index is 1.72. The van der Waals surface area contributed by atoms with Crippen LogP contribution in [0.2, 0.25) is 0 Å². The van der Waals surface area contributed by atoms with E-state index in [1.54, 1.807) is 0 Å². The van der Waals surface area contributed by atoms with Gasteiger partial charge in [0.15, 0.2) is 12.4 Å². The number of fused-ring (bicyclic) bond motifs is 1. The first-order valence-corrected chi connectivity index (χ1v) is 12.6. The van der Waals surface area contributed by atoms with Crippen molar-refractivity contribution >= 4 is 5.97 Å². The molecule has 0 radical (unpaired) electrons. The quantitative estimate of drug-likeness (QED) is 0.444. The molecule has 6 heteroatoms. The fourth-order valence-corrected chi connectivity index (χ4v) is 6.19. The number of esters is 1. The van der Waals surface area contributed by atoms with Gasteiger partial charge in [0.1, 0.15) is 12.2 Å². The van der Waals surface area contributed by atoms with Gasteiger partial charge in [-0.25, -0.2) is 0 Å². The number of carbonyl (C=O) groups is 1. The molecule has 3 fully saturated rings. The maximum atomic E-state index is 11.6. The molecular formula is C27H44O6. The Labute approximate surface area is 199 Å². The van der Waals surface area contributed by atoms with Crippen molar-refractivity contribution in [3.05, 3.63) is 23.3 Å². The Hall–Kier alpha value is -1.21. The minimum Gasteiger partial charge on any atom is -0.454 e. The molecule has 1 heterocycles. The lowest BCUT2D eigenvalue weighted by Gasteiger charge is -2.55. The van der Waals surface area contributed by atoms with Crippen molar-refractivity contribution in [1.29, 1.82) is 0 Å². The number of allylic oxidation sites excluding steroid dienone is 4. The monoisotopic (exact) mass is 464 g/mol. The molecule has 0 aromatic heterocycles. The van der Waals surface area contributed by atoms with Crippen molar-refractivity contribution in [2.75, 3.05) is 6.61 Å². The van der Waals surface area contributed by atoms with Crippen LogP contribution in [0.1, 0.15) is 80.1 Å². The average molecular weight is 465 g/mol. The van der Waals surface area contributed by atoms with E-state index < -0.39 is 30.6 Å². The lowest BCUT2D eigenvalue weighted by Crippen LogP contribution is -2.58. The summed E-state index contributed by atoms with van der Waals surface area (Å²) in [5.74, 6) is 1.05. The van der Waals surface area contributed by atoms with E-state index in [1.807, 2.05) is 0 Å². The molecule has 3 aliphatic rings. The van der Waals surface area contributed by atoms with Gasteiger partial charge in [-0.2, -0.15) is 0 Å². The Morgan fingerprint density at radius 2 is 1.82 bits per heavy atom. The van der Waals surface area contributed by atoms with Gasteiger partial charge in [-0.3, -0.25) is 4.79 Å². The second-order valence-corrected chi connectivity index (χ2v) is 11.0. The van der Waals surface area contributed by atoms with Crippen molar-refractivity contribution < 1.29 is 29.2 Å². The van der Waals surface area contributed by atoms with E-state index in [0.29, 0.717) is 17.8 Å². The minimum atomic E-state index is -1.22. The molecule has 0 bridgehead atoms. The highest BCUT2D eigenvalue weighted by Gasteiger charge is 2.52. The van der Waals surface area contributed by atoms with E-state index in [0.717, 1.165) is 38.5 Å². The molecule has 9 atom stereocenters. The first-order valence-electron chi connectivity index (χ1n) is 12.6. The first-order chi connectivity index (χ1) is 15.5. The van der Waals surface area contributed by atoms with Gasteiger partial charge >= 0.3 is 5.97 Å². The highest BCUT2D eigenvalue weighted by Crippen LogP contribution is 2.56. The number of ether oxygens (including phenoxy) is 3. The first kappa shape index (κ1) is 26.4. The van der Waals surface area contributed by atoms with Crippen LogP contribution in [0.25, 0.3) is 0 Å². The van der Waals surface area contributed by atoms with E-state index in [1.165, 1.54) is 18.1 Å². The number of hydrogen-bond donors (Lipinski definition) is 2. The highest BCUT2D eigenvalue weighted by atomic mass is 16.7. The van der Waals surface area contributed by atoms with Gasteiger partial charge in [0.2, 0.25) is 0 Å². The average Bonchev–Trinajstić information content (AvgIpc) is 2.74. The summed E-state index contributed by atoms with van der Waals surface area (Å²) in [7, 11) is 0. The summed E-state index contributed by atoms with van der Waals surface area (Å²) in [6.07, 6.45) is 6.81.